The van der Waals surface area contributed by atoms with Gasteiger partial charge in [0.05, 0.1) is 24.1 Å². The number of carbonyl (C=O) groups excluding carboxylic acids is 3. The molecule has 0 fully saturated rings. The first-order valence-electron chi connectivity index (χ1n) is 6.74. The van der Waals surface area contributed by atoms with Crippen LogP contribution in [0.5, 0.6) is 5.75 Å². The van der Waals surface area contributed by atoms with E-state index in [-0.39, 0.29) is 23.8 Å². The van der Waals surface area contributed by atoms with Crippen molar-refractivity contribution in [3.05, 3.63) is 33.9 Å². The third-order valence-electron chi connectivity index (χ3n) is 3.02. The average Bonchev–Trinajstić information content (AvgIpc) is 2.58. The molecule has 130 valence electrons. The molecular formula is C14H17N3O7. The number of nitrogens with one attached hydrogen (secondary N) is 1. The standard InChI is InChI=1S/C14H17N3O7/c1-15-12(18)7-16(2)13(19)8-24-14(20)9-4-5-11(23-3)10(6-9)17(21)22/h4-6H,7-8H2,1-3H3,(H,15,18). The number of nitro groups is 1. The van der Waals surface area contributed by atoms with Crippen LogP contribution in [0.1, 0.15) is 10.4 Å². The molecule has 10 heteroatoms. The fourth-order valence-electron chi connectivity index (χ4n) is 1.66. The van der Waals surface area contributed by atoms with E-state index in [9.17, 15) is 24.5 Å². The van der Waals surface area contributed by atoms with Crippen LogP contribution in [-0.2, 0) is 14.3 Å². The lowest BCUT2D eigenvalue weighted by molar-refractivity contribution is -0.385. The highest BCUT2D eigenvalue weighted by molar-refractivity contribution is 5.92. The van der Waals surface area contributed by atoms with Crippen LogP contribution in [0, 0.1) is 10.1 Å². The van der Waals surface area contributed by atoms with Crippen molar-refractivity contribution in [1.29, 1.82) is 0 Å². The van der Waals surface area contributed by atoms with Crippen LogP contribution in [0.3, 0.4) is 0 Å². The van der Waals surface area contributed by atoms with E-state index in [1.54, 1.807) is 0 Å². The van der Waals surface area contributed by atoms with Crippen LogP contribution in [0.4, 0.5) is 5.69 Å². The Morgan fingerprint density at radius 1 is 1.33 bits per heavy atom. The lowest BCUT2D eigenvalue weighted by atomic mass is 10.2. The number of hydrogen-bond donors (Lipinski definition) is 1. The third-order valence-corrected chi connectivity index (χ3v) is 3.02. The molecule has 10 nitrogen and oxygen atoms in total. The Kier molecular flexibility index (Phi) is 6.65. The zero-order chi connectivity index (χ0) is 18.3. The Bertz CT molecular complexity index is 660. The van der Waals surface area contributed by atoms with Gasteiger partial charge in [0.1, 0.15) is 0 Å². The van der Waals surface area contributed by atoms with Gasteiger partial charge in [-0.2, -0.15) is 0 Å². The summed E-state index contributed by atoms with van der Waals surface area (Å²) in [6.07, 6.45) is 0. The van der Waals surface area contributed by atoms with Gasteiger partial charge in [-0.1, -0.05) is 0 Å². The van der Waals surface area contributed by atoms with Crippen molar-refractivity contribution in [2.45, 2.75) is 0 Å². The number of esters is 1. The maximum atomic E-state index is 11.9. The minimum atomic E-state index is -0.901. The number of likely N-dealkylation sites (N-methyl/N-ethyl adjacent to an activating group) is 2. The molecule has 0 heterocycles. The fraction of sp³-hybridized carbons (Fsp3) is 0.357. The van der Waals surface area contributed by atoms with Crippen LogP contribution in [-0.4, -0.2) is 62.0 Å². The van der Waals surface area contributed by atoms with Crippen LogP contribution in [0.2, 0.25) is 0 Å². The first-order valence-corrected chi connectivity index (χ1v) is 6.74. The summed E-state index contributed by atoms with van der Waals surface area (Å²) in [4.78, 5) is 46.1. The molecule has 0 radical (unpaired) electrons. The van der Waals surface area contributed by atoms with Gasteiger partial charge in [-0.25, -0.2) is 4.79 Å². The van der Waals surface area contributed by atoms with Crippen LogP contribution < -0.4 is 10.1 Å². The van der Waals surface area contributed by atoms with Crippen molar-refractivity contribution >= 4 is 23.5 Å². The Morgan fingerprint density at radius 3 is 2.54 bits per heavy atom. The second-order valence-corrected chi connectivity index (χ2v) is 4.64. The van der Waals surface area contributed by atoms with E-state index in [0.717, 1.165) is 11.0 Å². The summed E-state index contributed by atoms with van der Waals surface area (Å²) >= 11 is 0. The molecule has 0 aliphatic carbocycles. The minimum Gasteiger partial charge on any atom is -0.490 e. The molecule has 1 aromatic carbocycles. The fourth-order valence-corrected chi connectivity index (χ4v) is 1.66. The number of amides is 2. The van der Waals surface area contributed by atoms with Crippen LogP contribution in [0.15, 0.2) is 18.2 Å². The normalized spacial score (nSPS) is 9.79. The lowest BCUT2D eigenvalue weighted by Crippen LogP contribution is -2.39. The van der Waals surface area contributed by atoms with E-state index < -0.39 is 29.1 Å². The highest BCUT2D eigenvalue weighted by Crippen LogP contribution is 2.27. The SMILES string of the molecule is CNC(=O)CN(C)C(=O)COC(=O)c1ccc(OC)c([N+](=O)[O-])c1. The van der Waals surface area contributed by atoms with E-state index in [1.807, 2.05) is 0 Å². The van der Waals surface area contributed by atoms with E-state index in [1.165, 1.54) is 33.3 Å². The summed E-state index contributed by atoms with van der Waals surface area (Å²) in [5.74, 6) is -1.86. The zero-order valence-corrected chi connectivity index (χ0v) is 13.4. The summed E-state index contributed by atoms with van der Waals surface area (Å²) in [6.45, 7) is -0.771. The van der Waals surface area contributed by atoms with E-state index in [0.29, 0.717) is 0 Å². The van der Waals surface area contributed by atoms with Crippen molar-refractivity contribution in [2.24, 2.45) is 0 Å². The maximum absolute atomic E-state index is 11.9. The molecule has 24 heavy (non-hydrogen) atoms. The number of benzene rings is 1. The molecule has 1 aromatic rings. The minimum absolute atomic E-state index is 0.00191. The van der Waals surface area contributed by atoms with Gasteiger partial charge in [0.15, 0.2) is 12.4 Å². The first-order chi connectivity index (χ1) is 11.3. The van der Waals surface area contributed by atoms with Gasteiger partial charge in [0.2, 0.25) is 5.91 Å². The maximum Gasteiger partial charge on any atom is 0.338 e. The van der Waals surface area contributed by atoms with E-state index in [2.05, 4.69) is 5.32 Å². The summed E-state index contributed by atoms with van der Waals surface area (Å²) in [6, 6.07) is 3.54. The van der Waals surface area contributed by atoms with Gasteiger partial charge >= 0.3 is 11.7 Å². The van der Waals surface area contributed by atoms with Gasteiger partial charge in [-0.3, -0.25) is 19.7 Å². The molecule has 1 rings (SSSR count). The predicted octanol–water partition coefficient (Wildman–Crippen LogP) is -0.0354. The third kappa shape index (κ3) is 4.93. The Hall–Kier alpha value is -3.17. The molecule has 0 aromatic heterocycles. The smallest absolute Gasteiger partial charge is 0.338 e. The number of methoxy groups -OCH3 is 1. The van der Waals surface area contributed by atoms with Gasteiger partial charge in [-0.05, 0) is 12.1 Å². The lowest BCUT2D eigenvalue weighted by Gasteiger charge is -2.15. The topological polar surface area (TPSA) is 128 Å². The van der Waals surface area contributed by atoms with Crippen molar-refractivity contribution < 1.29 is 28.8 Å². The molecule has 0 bridgehead atoms. The molecule has 0 saturated carbocycles. The van der Waals surface area contributed by atoms with Gasteiger partial charge < -0.3 is 19.7 Å². The van der Waals surface area contributed by atoms with E-state index in [4.69, 9.17) is 9.47 Å². The van der Waals surface area contributed by atoms with Crippen LogP contribution >= 0.6 is 0 Å². The molecule has 0 aliphatic heterocycles. The van der Waals surface area contributed by atoms with Crippen molar-refractivity contribution in [3.8, 4) is 5.75 Å². The summed E-state index contributed by atoms with van der Waals surface area (Å²) in [5.41, 5.74) is -0.487. The second-order valence-electron chi connectivity index (χ2n) is 4.64. The molecule has 0 spiro atoms. The molecule has 1 N–H and O–H groups in total. The number of nitrogens with zero attached hydrogens (tertiary/aromatic N) is 2. The quantitative estimate of drug-likeness (QED) is 0.419. The Labute approximate surface area is 137 Å². The first kappa shape index (κ1) is 18.9. The van der Waals surface area contributed by atoms with Gasteiger partial charge in [-0.15, -0.1) is 0 Å². The monoisotopic (exact) mass is 339 g/mol. The highest BCUT2D eigenvalue weighted by Gasteiger charge is 2.20. The van der Waals surface area contributed by atoms with Crippen LogP contribution in [0.25, 0.3) is 0 Å². The average molecular weight is 339 g/mol. The Balaban J connectivity index is 2.72. The number of nitro benzene ring substituents is 1. The van der Waals surface area contributed by atoms with Crippen molar-refractivity contribution in [1.82, 2.24) is 10.2 Å². The highest BCUT2D eigenvalue weighted by atomic mass is 16.6. The molecule has 0 unspecified atom stereocenters. The van der Waals surface area contributed by atoms with Crippen molar-refractivity contribution in [3.63, 3.8) is 0 Å². The number of carbonyl (C=O) groups is 3. The zero-order valence-electron chi connectivity index (χ0n) is 13.4. The largest absolute Gasteiger partial charge is 0.490 e. The summed E-state index contributed by atoms with van der Waals surface area (Å²) < 4.78 is 9.64. The molecule has 0 atom stereocenters. The molecule has 0 aliphatic rings. The van der Waals surface area contributed by atoms with Gasteiger partial charge in [0, 0.05) is 20.2 Å². The Morgan fingerprint density at radius 2 is 2.00 bits per heavy atom. The number of hydrogen-bond acceptors (Lipinski definition) is 7. The van der Waals surface area contributed by atoms with Gasteiger partial charge in [0.25, 0.3) is 5.91 Å². The summed E-state index contributed by atoms with van der Waals surface area (Å²) in [5, 5.41) is 13.3. The molecule has 2 amide bonds. The predicted molar refractivity (Wildman–Crippen MR) is 81.6 cm³/mol. The van der Waals surface area contributed by atoms with E-state index >= 15 is 0 Å². The number of rotatable bonds is 7. The summed E-state index contributed by atoms with van der Waals surface area (Å²) in [7, 11) is 4.07. The van der Waals surface area contributed by atoms with Crippen molar-refractivity contribution in [2.75, 3.05) is 34.4 Å². The number of ether oxygens (including phenoxy) is 2. The molecular weight excluding hydrogens is 322 g/mol. The second kappa shape index (κ2) is 8.46. The molecule has 0 saturated heterocycles.